The molecule has 0 saturated heterocycles. The van der Waals surface area contributed by atoms with Crippen LogP contribution in [0.2, 0.25) is 0 Å². The minimum atomic E-state index is -2.44. The third-order valence-corrected chi connectivity index (χ3v) is 3.53. The molecule has 96 valence electrons. The fraction of sp³-hybridized carbons (Fsp3) is 0.308. The summed E-state index contributed by atoms with van der Waals surface area (Å²) in [6.45, 7) is 3.70. The highest BCUT2D eigenvalue weighted by Gasteiger charge is 2.10. The van der Waals surface area contributed by atoms with E-state index in [1.807, 2.05) is 13.0 Å². The Bertz CT molecular complexity index is 511. The zero-order chi connectivity index (χ0) is 13.0. The predicted molar refractivity (Wildman–Crippen MR) is 69.9 cm³/mol. The van der Waals surface area contributed by atoms with Crippen molar-refractivity contribution in [2.24, 2.45) is 0 Å². The molecule has 1 N–H and O–H groups in total. The van der Waals surface area contributed by atoms with Gasteiger partial charge in [-0.05, 0) is 12.6 Å². The monoisotopic (exact) mass is 268 g/mol. The van der Waals surface area contributed by atoms with Gasteiger partial charge in [0.15, 0.2) is 0 Å². The Labute approximate surface area is 109 Å². The molecule has 0 saturated carbocycles. The van der Waals surface area contributed by atoms with Crippen molar-refractivity contribution in [3.8, 4) is 10.6 Å². The second kappa shape index (κ2) is 6.02. The lowest BCUT2D eigenvalue weighted by atomic mass is 10.1. The number of halogens is 2. The molecule has 2 rings (SSSR count). The number of alkyl halides is 2. The molecule has 0 aliphatic carbocycles. The zero-order valence-corrected chi connectivity index (χ0v) is 10.8. The fourth-order valence-electron chi connectivity index (χ4n) is 1.58. The molecule has 0 radical (unpaired) electrons. The third kappa shape index (κ3) is 3.11. The summed E-state index contributed by atoms with van der Waals surface area (Å²) in [4.78, 5) is 5.38. The van der Waals surface area contributed by atoms with Gasteiger partial charge in [-0.3, -0.25) is 0 Å². The van der Waals surface area contributed by atoms with E-state index in [0.717, 1.165) is 28.5 Å². The van der Waals surface area contributed by atoms with E-state index in [1.165, 1.54) is 23.5 Å². The Hall–Kier alpha value is -1.33. The van der Waals surface area contributed by atoms with Crippen LogP contribution in [0.15, 0.2) is 30.5 Å². The Balaban J connectivity index is 2.20. The molecule has 0 spiro atoms. The fourth-order valence-corrected chi connectivity index (χ4v) is 2.46. The number of benzene rings is 1. The Morgan fingerprint density at radius 2 is 2.22 bits per heavy atom. The van der Waals surface area contributed by atoms with Crippen LogP contribution in [-0.2, 0) is 6.54 Å². The van der Waals surface area contributed by atoms with Crippen molar-refractivity contribution in [1.82, 2.24) is 10.3 Å². The number of hydrogen-bond acceptors (Lipinski definition) is 3. The predicted octanol–water partition coefficient (Wildman–Crippen LogP) is 3.86. The Morgan fingerprint density at radius 3 is 2.94 bits per heavy atom. The van der Waals surface area contributed by atoms with Crippen molar-refractivity contribution in [3.05, 3.63) is 40.9 Å². The van der Waals surface area contributed by atoms with Gasteiger partial charge in [0, 0.05) is 28.7 Å². The van der Waals surface area contributed by atoms with Crippen LogP contribution in [0.3, 0.4) is 0 Å². The average molecular weight is 268 g/mol. The van der Waals surface area contributed by atoms with Crippen LogP contribution in [0.4, 0.5) is 8.78 Å². The van der Waals surface area contributed by atoms with Crippen molar-refractivity contribution in [2.45, 2.75) is 19.9 Å². The topological polar surface area (TPSA) is 24.9 Å². The van der Waals surface area contributed by atoms with Gasteiger partial charge in [-0.2, -0.15) is 0 Å². The maximum Gasteiger partial charge on any atom is 0.263 e. The standard InChI is InChI=1S/C13H14F2N2S/c1-2-16-7-11-8-17-13(18-11)10-5-3-4-9(6-10)12(14)15/h3-6,8,12,16H,2,7H2,1H3. The Kier molecular flexibility index (Phi) is 4.38. The average Bonchev–Trinajstić information content (AvgIpc) is 2.85. The van der Waals surface area contributed by atoms with Gasteiger partial charge in [0.1, 0.15) is 5.01 Å². The first kappa shape index (κ1) is 13.1. The molecule has 2 nitrogen and oxygen atoms in total. The summed E-state index contributed by atoms with van der Waals surface area (Å²) in [7, 11) is 0. The summed E-state index contributed by atoms with van der Waals surface area (Å²) in [5, 5.41) is 3.99. The minimum Gasteiger partial charge on any atom is -0.312 e. The van der Waals surface area contributed by atoms with E-state index in [-0.39, 0.29) is 5.56 Å². The lowest BCUT2D eigenvalue weighted by molar-refractivity contribution is 0.151. The summed E-state index contributed by atoms with van der Waals surface area (Å²) in [5.74, 6) is 0. The molecule has 0 aliphatic rings. The highest BCUT2D eigenvalue weighted by Crippen LogP contribution is 2.28. The quantitative estimate of drug-likeness (QED) is 0.890. The van der Waals surface area contributed by atoms with Crippen LogP contribution in [-0.4, -0.2) is 11.5 Å². The minimum absolute atomic E-state index is 0.0379. The van der Waals surface area contributed by atoms with E-state index in [0.29, 0.717) is 0 Å². The lowest BCUT2D eigenvalue weighted by Crippen LogP contribution is -2.10. The van der Waals surface area contributed by atoms with Crippen molar-refractivity contribution in [2.75, 3.05) is 6.54 Å². The lowest BCUT2D eigenvalue weighted by Gasteiger charge is -2.01. The van der Waals surface area contributed by atoms with Gasteiger partial charge in [0.2, 0.25) is 0 Å². The van der Waals surface area contributed by atoms with Crippen molar-refractivity contribution in [3.63, 3.8) is 0 Å². The van der Waals surface area contributed by atoms with Crippen molar-refractivity contribution >= 4 is 11.3 Å². The molecule has 1 aromatic heterocycles. The first-order chi connectivity index (χ1) is 8.70. The summed E-state index contributed by atoms with van der Waals surface area (Å²) in [5.41, 5.74) is 0.788. The largest absolute Gasteiger partial charge is 0.312 e. The number of hydrogen-bond donors (Lipinski definition) is 1. The van der Waals surface area contributed by atoms with E-state index in [2.05, 4.69) is 10.3 Å². The van der Waals surface area contributed by atoms with Gasteiger partial charge >= 0.3 is 0 Å². The van der Waals surface area contributed by atoms with E-state index in [1.54, 1.807) is 12.3 Å². The molecular weight excluding hydrogens is 254 g/mol. The van der Waals surface area contributed by atoms with E-state index in [4.69, 9.17) is 0 Å². The molecule has 18 heavy (non-hydrogen) atoms. The summed E-state index contributed by atoms with van der Waals surface area (Å²) in [6, 6.07) is 6.38. The van der Waals surface area contributed by atoms with E-state index < -0.39 is 6.43 Å². The molecule has 0 aliphatic heterocycles. The van der Waals surface area contributed by atoms with Gasteiger partial charge in [-0.15, -0.1) is 11.3 Å². The smallest absolute Gasteiger partial charge is 0.263 e. The van der Waals surface area contributed by atoms with Crippen LogP contribution in [0, 0.1) is 0 Å². The molecule has 0 amide bonds. The molecule has 0 atom stereocenters. The van der Waals surface area contributed by atoms with Gasteiger partial charge < -0.3 is 5.32 Å². The van der Waals surface area contributed by atoms with E-state index >= 15 is 0 Å². The number of nitrogens with one attached hydrogen (secondary N) is 1. The van der Waals surface area contributed by atoms with Crippen LogP contribution in [0.25, 0.3) is 10.6 Å². The molecular formula is C13H14F2N2S. The maximum absolute atomic E-state index is 12.6. The molecule has 0 bridgehead atoms. The van der Waals surface area contributed by atoms with Crippen LogP contribution >= 0.6 is 11.3 Å². The molecule has 1 aromatic carbocycles. The summed E-state index contributed by atoms with van der Waals surface area (Å²) in [6.07, 6.45) is -0.649. The van der Waals surface area contributed by atoms with Gasteiger partial charge in [-0.1, -0.05) is 25.1 Å². The van der Waals surface area contributed by atoms with E-state index in [9.17, 15) is 8.78 Å². The van der Waals surface area contributed by atoms with Crippen LogP contribution in [0.1, 0.15) is 23.8 Å². The highest BCUT2D eigenvalue weighted by atomic mass is 32.1. The van der Waals surface area contributed by atoms with Crippen molar-refractivity contribution in [1.29, 1.82) is 0 Å². The third-order valence-electron chi connectivity index (χ3n) is 2.49. The van der Waals surface area contributed by atoms with Crippen LogP contribution in [0.5, 0.6) is 0 Å². The second-order valence-electron chi connectivity index (χ2n) is 3.84. The second-order valence-corrected chi connectivity index (χ2v) is 4.95. The molecule has 0 unspecified atom stereocenters. The SMILES string of the molecule is CCNCc1cnc(-c2cccc(C(F)F)c2)s1. The van der Waals surface area contributed by atoms with Crippen LogP contribution < -0.4 is 5.32 Å². The molecule has 0 fully saturated rings. The number of thiazole rings is 1. The highest BCUT2D eigenvalue weighted by molar-refractivity contribution is 7.15. The van der Waals surface area contributed by atoms with Crippen molar-refractivity contribution < 1.29 is 8.78 Å². The number of aromatic nitrogens is 1. The van der Waals surface area contributed by atoms with Gasteiger partial charge in [0.25, 0.3) is 6.43 Å². The molecule has 2 aromatic rings. The zero-order valence-electron chi connectivity index (χ0n) is 9.99. The maximum atomic E-state index is 12.6. The van der Waals surface area contributed by atoms with Gasteiger partial charge in [0.05, 0.1) is 0 Å². The first-order valence-corrected chi connectivity index (χ1v) is 6.56. The first-order valence-electron chi connectivity index (χ1n) is 5.74. The normalized spacial score (nSPS) is 11.1. The Morgan fingerprint density at radius 1 is 1.39 bits per heavy atom. The molecule has 5 heteroatoms. The summed E-state index contributed by atoms with van der Waals surface area (Å²) >= 11 is 1.53. The number of nitrogens with zero attached hydrogens (tertiary/aromatic N) is 1. The molecule has 1 heterocycles. The summed E-state index contributed by atoms with van der Waals surface area (Å²) < 4.78 is 25.2. The number of rotatable bonds is 5. The van der Waals surface area contributed by atoms with Gasteiger partial charge in [-0.25, -0.2) is 13.8 Å².